The molecule has 0 spiro atoms. The number of benzene rings is 3. The first-order valence-electron chi connectivity index (χ1n) is 9.74. The van der Waals surface area contributed by atoms with Gasteiger partial charge in [-0.25, -0.2) is 0 Å². The minimum Gasteiger partial charge on any atom is -0.490 e. The Morgan fingerprint density at radius 1 is 0.767 bits per heavy atom. The minimum absolute atomic E-state index is 0.258. The Morgan fingerprint density at radius 2 is 1.33 bits per heavy atom. The number of hydrogen-bond donors (Lipinski definition) is 2. The quantitative estimate of drug-likeness (QED) is 0.405. The molecular weight excluding hydrogens is 396 g/mol. The van der Waals surface area contributed by atoms with Gasteiger partial charge >= 0.3 is 0 Å². The van der Waals surface area contributed by atoms with Crippen LogP contribution in [0.4, 0.5) is 0 Å². The molecule has 6 heteroatoms. The van der Waals surface area contributed by atoms with Crippen molar-refractivity contribution in [2.24, 2.45) is 0 Å². The number of carbonyl (C=O) groups is 1. The van der Waals surface area contributed by atoms with Gasteiger partial charge in [0.2, 0.25) is 0 Å². The van der Waals surface area contributed by atoms with Gasteiger partial charge in [-0.3, -0.25) is 10.1 Å². The largest absolute Gasteiger partial charge is 0.490 e. The summed E-state index contributed by atoms with van der Waals surface area (Å²) in [6, 6.07) is 26.6. The molecule has 0 bridgehead atoms. The second-order valence-electron chi connectivity index (χ2n) is 6.48. The first-order chi connectivity index (χ1) is 14.7. The number of ether oxygens (including phenoxy) is 2. The molecule has 0 aliphatic heterocycles. The minimum atomic E-state index is -0.258. The van der Waals surface area contributed by atoms with E-state index in [0.717, 1.165) is 12.2 Å². The fraction of sp³-hybridized carbons (Fsp3) is 0.167. The van der Waals surface area contributed by atoms with Crippen LogP contribution in [0, 0.1) is 0 Å². The van der Waals surface area contributed by atoms with Gasteiger partial charge in [0.15, 0.2) is 5.11 Å². The molecule has 3 aromatic carbocycles. The molecule has 1 amide bonds. The van der Waals surface area contributed by atoms with Gasteiger partial charge in [0, 0.05) is 12.1 Å². The molecule has 3 aromatic rings. The van der Waals surface area contributed by atoms with Crippen molar-refractivity contribution in [1.82, 2.24) is 10.6 Å². The van der Waals surface area contributed by atoms with Crippen LogP contribution in [0.2, 0.25) is 0 Å². The molecule has 30 heavy (non-hydrogen) atoms. The highest BCUT2D eigenvalue weighted by atomic mass is 32.1. The first kappa shape index (κ1) is 21.3. The van der Waals surface area contributed by atoms with Crippen LogP contribution in [0.1, 0.15) is 15.9 Å². The third-order valence-electron chi connectivity index (χ3n) is 4.25. The Hall–Kier alpha value is -3.38. The molecular formula is C24H24N2O3S. The number of rotatable bonds is 9. The van der Waals surface area contributed by atoms with Crippen LogP contribution < -0.4 is 20.1 Å². The van der Waals surface area contributed by atoms with Gasteiger partial charge < -0.3 is 14.8 Å². The number of thiocarbonyl (C=S) groups is 1. The zero-order chi connectivity index (χ0) is 21.0. The lowest BCUT2D eigenvalue weighted by Gasteiger charge is -2.11. The van der Waals surface area contributed by atoms with Crippen molar-refractivity contribution in [3.8, 4) is 11.5 Å². The highest BCUT2D eigenvalue weighted by molar-refractivity contribution is 7.80. The van der Waals surface area contributed by atoms with E-state index in [1.165, 1.54) is 5.56 Å². The van der Waals surface area contributed by atoms with E-state index in [0.29, 0.717) is 36.2 Å². The summed E-state index contributed by atoms with van der Waals surface area (Å²) in [7, 11) is 0. The van der Waals surface area contributed by atoms with E-state index in [2.05, 4.69) is 22.8 Å². The molecule has 0 fully saturated rings. The molecule has 2 N–H and O–H groups in total. The second-order valence-corrected chi connectivity index (χ2v) is 6.89. The Kier molecular flexibility index (Phi) is 8.23. The standard InChI is InChI=1S/C24H24N2O3S/c27-23(26-24(30)25-16-15-19-7-3-1-4-8-19)20-11-13-22(14-12-20)29-18-17-28-21-9-5-2-6-10-21/h1-14H,15-18H2,(H2,25,26,27,30). The number of hydrogen-bond acceptors (Lipinski definition) is 4. The molecule has 0 aliphatic carbocycles. The maximum absolute atomic E-state index is 12.3. The van der Waals surface area contributed by atoms with Gasteiger partial charge in [-0.2, -0.15) is 0 Å². The summed E-state index contributed by atoms with van der Waals surface area (Å²) in [6.45, 7) is 1.51. The van der Waals surface area contributed by atoms with E-state index < -0.39 is 0 Å². The Morgan fingerprint density at radius 3 is 1.97 bits per heavy atom. The molecule has 154 valence electrons. The molecule has 3 rings (SSSR count). The van der Waals surface area contributed by atoms with E-state index in [9.17, 15) is 4.79 Å². The zero-order valence-electron chi connectivity index (χ0n) is 16.5. The molecule has 0 unspecified atom stereocenters. The summed E-state index contributed by atoms with van der Waals surface area (Å²) in [6.07, 6.45) is 0.830. The SMILES string of the molecule is O=C(NC(=S)NCCc1ccccc1)c1ccc(OCCOc2ccccc2)cc1. The van der Waals surface area contributed by atoms with E-state index in [1.807, 2.05) is 48.5 Å². The zero-order valence-corrected chi connectivity index (χ0v) is 17.4. The normalized spacial score (nSPS) is 10.1. The summed E-state index contributed by atoms with van der Waals surface area (Å²) < 4.78 is 11.2. The molecule has 0 saturated carbocycles. The van der Waals surface area contributed by atoms with Gasteiger partial charge in [-0.15, -0.1) is 0 Å². The summed E-state index contributed by atoms with van der Waals surface area (Å²) in [5.41, 5.74) is 1.72. The summed E-state index contributed by atoms with van der Waals surface area (Å²) >= 11 is 5.20. The van der Waals surface area contributed by atoms with Crippen LogP contribution in [0.15, 0.2) is 84.9 Å². The molecule has 0 saturated heterocycles. The number of amides is 1. The lowest BCUT2D eigenvalue weighted by molar-refractivity contribution is 0.0976. The predicted molar refractivity (Wildman–Crippen MR) is 122 cm³/mol. The van der Waals surface area contributed by atoms with Crippen molar-refractivity contribution >= 4 is 23.2 Å². The monoisotopic (exact) mass is 420 g/mol. The van der Waals surface area contributed by atoms with Gasteiger partial charge in [-0.05, 0) is 60.6 Å². The van der Waals surface area contributed by atoms with Crippen molar-refractivity contribution in [3.05, 3.63) is 96.1 Å². The molecule has 0 radical (unpaired) electrons. The molecule has 0 heterocycles. The Balaban J connectivity index is 1.36. The van der Waals surface area contributed by atoms with Crippen LogP contribution in [0.25, 0.3) is 0 Å². The van der Waals surface area contributed by atoms with Gasteiger partial charge in [0.25, 0.3) is 5.91 Å². The molecule has 0 aromatic heterocycles. The third kappa shape index (κ3) is 7.22. The third-order valence-corrected chi connectivity index (χ3v) is 4.50. The topological polar surface area (TPSA) is 59.6 Å². The summed E-state index contributed by atoms with van der Waals surface area (Å²) in [5, 5.41) is 6.06. The smallest absolute Gasteiger partial charge is 0.257 e. The molecule has 0 atom stereocenters. The van der Waals surface area contributed by atoms with Gasteiger partial charge in [-0.1, -0.05) is 48.5 Å². The average Bonchev–Trinajstić information content (AvgIpc) is 2.78. The Labute approximate surface area is 182 Å². The summed E-state index contributed by atoms with van der Waals surface area (Å²) in [5.74, 6) is 1.22. The maximum atomic E-state index is 12.3. The lowest BCUT2D eigenvalue weighted by Crippen LogP contribution is -2.40. The van der Waals surface area contributed by atoms with E-state index >= 15 is 0 Å². The van der Waals surface area contributed by atoms with Gasteiger partial charge in [0.05, 0.1) is 0 Å². The lowest BCUT2D eigenvalue weighted by atomic mass is 10.1. The average molecular weight is 421 g/mol. The van der Waals surface area contributed by atoms with Crippen molar-refractivity contribution in [2.45, 2.75) is 6.42 Å². The number of para-hydroxylation sites is 1. The van der Waals surface area contributed by atoms with E-state index in [-0.39, 0.29) is 5.91 Å². The molecule has 5 nitrogen and oxygen atoms in total. The highest BCUT2D eigenvalue weighted by Crippen LogP contribution is 2.13. The predicted octanol–water partition coefficient (Wildman–Crippen LogP) is 3.99. The number of carbonyl (C=O) groups excluding carboxylic acids is 1. The van der Waals surface area contributed by atoms with Crippen molar-refractivity contribution in [3.63, 3.8) is 0 Å². The van der Waals surface area contributed by atoms with Crippen LogP contribution >= 0.6 is 12.2 Å². The van der Waals surface area contributed by atoms with Crippen LogP contribution in [0.5, 0.6) is 11.5 Å². The first-order valence-corrected chi connectivity index (χ1v) is 10.2. The fourth-order valence-electron chi connectivity index (χ4n) is 2.72. The van der Waals surface area contributed by atoms with Crippen molar-refractivity contribution in [1.29, 1.82) is 0 Å². The van der Waals surface area contributed by atoms with Crippen LogP contribution in [-0.2, 0) is 6.42 Å². The fourth-order valence-corrected chi connectivity index (χ4v) is 2.92. The van der Waals surface area contributed by atoms with E-state index in [4.69, 9.17) is 21.7 Å². The maximum Gasteiger partial charge on any atom is 0.257 e. The second kappa shape index (κ2) is 11.6. The highest BCUT2D eigenvalue weighted by Gasteiger charge is 2.08. The van der Waals surface area contributed by atoms with Crippen molar-refractivity contribution in [2.75, 3.05) is 19.8 Å². The van der Waals surface area contributed by atoms with Crippen molar-refractivity contribution < 1.29 is 14.3 Å². The van der Waals surface area contributed by atoms with Crippen LogP contribution in [0.3, 0.4) is 0 Å². The molecule has 0 aliphatic rings. The Bertz CT molecular complexity index is 932. The summed E-state index contributed by atoms with van der Waals surface area (Å²) in [4.78, 5) is 12.3. The van der Waals surface area contributed by atoms with Crippen LogP contribution in [-0.4, -0.2) is 30.8 Å². The van der Waals surface area contributed by atoms with Gasteiger partial charge in [0.1, 0.15) is 24.7 Å². The van der Waals surface area contributed by atoms with E-state index in [1.54, 1.807) is 24.3 Å². The number of nitrogens with one attached hydrogen (secondary N) is 2.